The van der Waals surface area contributed by atoms with Crippen molar-refractivity contribution in [3.63, 3.8) is 0 Å². The Bertz CT molecular complexity index is 659. The number of rotatable bonds is 5. The van der Waals surface area contributed by atoms with Crippen LogP contribution in [-0.2, 0) is 0 Å². The molecular formula is C13H9F3N2O4. The van der Waals surface area contributed by atoms with Crippen molar-refractivity contribution in [2.24, 2.45) is 5.18 Å². The fourth-order valence-electron chi connectivity index (χ4n) is 1.55. The summed E-state index contributed by atoms with van der Waals surface area (Å²) < 4.78 is 49.9. The molecule has 0 atom stereocenters. The van der Waals surface area contributed by atoms with Gasteiger partial charge in [-0.3, -0.25) is 0 Å². The Morgan fingerprint density at radius 1 is 1.14 bits per heavy atom. The zero-order valence-electron chi connectivity index (χ0n) is 11.1. The van der Waals surface area contributed by atoms with Gasteiger partial charge in [0, 0.05) is 12.1 Å². The predicted molar refractivity (Wildman–Crippen MR) is 69.4 cm³/mol. The van der Waals surface area contributed by atoms with E-state index in [1.165, 1.54) is 31.4 Å². The largest absolute Gasteiger partial charge is 0.573 e. The second kappa shape index (κ2) is 6.29. The average molecular weight is 314 g/mol. The standard InChI is InChI=1S/C13H9F3N2O4/c1-20-11-4-2-8(6-10(11)18-19)21-12-5-3-9(7-17-12)22-13(14,15)16/h2-7H,1H3. The maximum absolute atomic E-state index is 12.0. The van der Waals surface area contributed by atoms with Gasteiger partial charge in [-0.25, -0.2) is 4.98 Å². The molecule has 0 amide bonds. The number of pyridine rings is 1. The van der Waals surface area contributed by atoms with E-state index in [1.54, 1.807) is 0 Å². The van der Waals surface area contributed by atoms with Gasteiger partial charge in [0.2, 0.25) is 5.88 Å². The van der Waals surface area contributed by atoms with Crippen LogP contribution in [0.4, 0.5) is 18.9 Å². The van der Waals surface area contributed by atoms with Gasteiger partial charge in [-0.1, -0.05) is 0 Å². The summed E-state index contributed by atoms with van der Waals surface area (Å²) in [6, 6.07) is 6.52. The van der Waals surface area contributed by atoms with Gasteiger partial charge in [-0.15, -0.1) is 18.1 Å². The number of aromatic nitrogens is 1. The highest BCUT2D eigenvalue weighted by atomic mass is 19.4. The van der Waals surface area contributed by atoms with Crippen molar-refractivity contribution in [1.82, 2.24) is 4.98 Å². The van der Waals surface area contributed by atoms with Crippen molar-refractivity contribution >= 4 is 5.69 Å². The van der Waals surface area contributed by atoms with Gasteiger partial charge in [0.1, 0.15) is 17.2 Å². The summed E-state index contributed by atoms with van der Waals surface area (Å²) in [7, 11) is 1.38. The third-order valence-corrected chi connectivity index (χ3v) is 2.41. The maximum Gasteiger partial charge on any atom is 0.573 e. The lowest BCUT2D eigenvalue weighted by atomic mass is 10.3. The molecule has 0 radical (unpaired) electrons. The smallest absolute Gasteiger partial charge is 0.494 e. The minimum atomic E-state index is -4.79. The Labute approximate surface area is 122 Å². The van der Waals surface area contributed by atoms with Crippen molar-refractivity contribution in [2.75, 3.05) is 7.11 Å². The topological polar surface area (TPSA) is 70.0 Å². The van der Waals surface area contributed by atoms with E-state index >= 15 is 0 Å². The predicted octanol–water partition coefficient (Wildman–Crippen LogP) is 4.18. The number of benzene rings is 1. The Hall–Kier alpha value is -2.84. The van der Waals surface area contributed by atoms with Gasteiger partial charge >= 0.3 is 6.36 Å². The Balaban J connectivity index is 2.12. The van der Waals surface area contributed by atoms with Crippen LogP contribution in [0.1, 0.15) is 0 Å². The van der Waals surface area contributed by atoms with Crippen LogP contribution in [0.3, 0.4) is 0 Å². The molecular weight excluding hydrogens is 305 g/mol. The summed E-state index contributed by atoms with van der Waals surface area (Å²) in [5, 5.41) is 2.78. The molecule has 116 valence electrons. The van der Waals surface area contributed by atoms with Crippen molar-refractivity contribution < 1.29 is 27.4 Å². The lowest BCUT2D eigenvalue weighted by molar-refractivity contribution is -0.274. The third kappa shape index (κ3) is 4.08. The Morgan fingerprint density at radius 2 is 1.86 bits per heavy atom. The summed E-state index contributed by atoms with van der Waals surface area (Å²) in [5.41, 5.74) is 0.0250. The summed E-state index contributed by atoms with van der Waals surface area (Å²) in [6.07, 6.45) is -3.92. The van der Waals surface area contributed by atoms with E-state index in [9.17, 15) is 18.1 Å². The normalized spacial score (nSPS) is 10.9. The van der Waals surface area contributed by atoms with Gasteiger partial charge in [0.05, 0.1) is 13.3 Å². The van der Waals surface area contributed by atoms with Gasteiger partial charge in [0.25, 0.3) is 0 Å². The first kappa shape index (κ1) is 15.5. The molecule has 0 saturated carbocycles. The number of hydrogen-bond acceptors (Lipinski definition) is 6. The SMILES string of the molecule is COc1ccc(Oc2ccc(OC(F)(F)F)cn2)cc1N=O. The molecule has 0 aliphatic heterocycles. The molecule has 0 unspecified atom stereocenters. The molecule has 0 spiro atoms. The first-order chi connectivity index (χ1) is 10.4. The molecule has 2 aromatic rings. The van der Waals surface area contributed by atoms with Crippen LogP contribution in [0.25, 0.3) is 0 Å². The Morgan fingerprint density at radius 3 is 2.41 bits per heavy atom. The maximum atomic E-state index is 12.0. The molecule has 1 aromatic heterocycles. The van der Waals surface area contributed by atoms with Crippen molar-refractivity contribution in [2.45, 2.75) is 6.36 Å². The highest BCUT2D eigenvalue weighted by Gasteiger charge is 2.31. The van der Waals surface area contributed by atoms with Crippen LogP contribution in [0.5, 0.6) is 23.1 Å². The highest BCUT2D eigenvalue weighted by molar-refractivity contribution is 5.55. The quantitative estimate of drug-likeness (QED) is 0.774. The highest BCUT2D eigenvalue weighted by Crippen LogP contribution is 2.33. The van der Waals surface area contributed by atoms with Crippen molar-refractivity contribution in [3.05, 3.63) is 41.4 Å². The van der Waals surface area contributed by atoms with Crippen LogP contribution in [0.2, 0.25) is 0 Å². The van der Waals surface area contributed by atoms with E-state index in [-0.39, 0.29) is 23.1 Å². The molecule has 0 N–H and O–H groups in total. The monoisotopic (exact) mass is 314 g/mol. The van der Waals surface area contributed by atoms with Crippen LogP contribution in [0.15, 0.2) is 41.7 Å². The van der Waals surface area contributed by atoms with Gasteiger partial charge < -0.3 is 14.2 Å². The van der Waals surface area contributed by atoms with Gasteiger partial charge in [-0.2, -0.15) is 0 Å². The fourth-order valence-corrected chi connectivity index (χ4v) is 1.55. The molecule has 0 saturated heterocycles. The van der Waals surface area contributed by atoms with E-state index in [0.717, 1.165) is 12.3 Å². The lowest BCUT2D eigenvalue weighted by Gasteiger charge is -2.10. The zero-order chi connectivity index (χ0) is 16.2. The molecule has 1 heterocycles. The van der Waals surface area contributed by atoms with E-state index in [4.69, 9.17) is 9.47 Å². The molecule has 6 nitrogen and oxygen atoms in total. The fraction of sp³-hybridized carbons (Fsp3) is 0.154. The van der Waals surface area contributed by atoms with E-state index in [1.807, 2.05) is 0 Å². The summed E-state index contributed by atoms with van der Waals surface area (Å²) in [6.45, 7) is 0. The minimum Gasteiger partial charge on any atom is -0.494 e. The minimum absolute atomic E-state index is 0.0246. The average Bonchev–Trinajstić information content (AvgIpc) is 2.47. The molecule has 0 aliphatic carbocycles. The van der Waals surface area contributed by atoms with Crippen LogP contribution < -0.4 is 14.2 Å². The first-order valence-corrected chi connectivity index (χ1v) is 5.82. The molecule has 22 heavy (non-hydrogen) atoms. The molecule has 0 fully saturated rings. The number of alkyl halides is 3. The van der Waals surface area contributed by atoms with Crippen molar-refractivity contribution in [1.29, 1.82) is 0 Å². The van der Waals surface area contributed by atoms with E-state index < -0.39 is 12.1 Å². The van der Waals surface area contributed by atoms with Gasteiger partial charge in [-0.05, 0) is 23.4 Å². The molecule has 0 bridgehead atoms. The van der Waals surface area contributed by atoms with Crippen molar-refractivity contribution in [3.8, 4) is 23.1 Å². The lowest BCUT2D eigenvalue weighted by Crippen LogP contribution is -2.17. The van der Waals surface area contributed by atoms with Crippen LogP contribution in [-0.4, -0.2) is 18.5 Å². The first-order valence-electron chi connectivity index (χ1n) is 5.82. The number of halogens is 3. The number of nitroso groups, excluding NO2 is 1. The zero-order valence-corrected chi connectivity index (χ0v) is 11.1. The Kier molecular flexibility index (Phi) is 4.44. The molecule has 2 rings (SSSR count). The summed E-state index contributed by atoms with van der Waals surface area (Å²) >= 11 is 0. The third-order valence-electron chi connectivity index (χ3n) is 2.41. The van der Waals surface area contributed by atoms with Crippen LogP contribution in [0, 0.1) is 4.91 Å². The number of methoxy groups -OCH3 is 1. The molecule has 1 aromatic carbocycles. The molecule has 0 aliphatic rings. The van der Waals surface area contributed by atoms with Gasteiger partial charge in [0.15, 0.2) is 5.69 Å². The summed E-state index contributed by atoms with van der Waals surface area (Å²) in [4.78, 5) is 14.3. The second-order valence-corrected chi connectivity index (χ2v) is 3.91. The molecule has 9 heteroatoms. The number of hydrogen-bond donors (Lipinski definition) is 0. The summed E-state index contributed by atoms with van der Waals surface area (Å²) in [5.74, 6) is 0.0537. The van der Waals surface area contributed by atoms with E-state index in [2.05, 4.69) is 14.9 Å². The number of ether oxygens (including phenoxy) is 3. The van der Waals surface area contributed by atoms with Crippen LogP contribution >= 0.6 is 0 Å². The second-order valence-electron chi connectivity index (χ2n) is 3.91. The number of nitrogens with zero attached hydrogens (tertiary/aromatic N) is 2. The van der Waals surface area contributed by atoms with E-state index in [0.29, 0.717) is 0 Å².